The molecule has 124 valence electrons. The van der Waals surface area contributed by atoms with Gasteiger partial charge in [-0.05, 0) is 0 Å². The van der Waals surface area contributed by atoms with Crippen LogP contribution >= 0.6 is 0 Å². The van der Waals surface area contributed by atoms with Crippen molar-refractivity contribution < 1.29 is 35.1 Å². The van der Waals surface area contributed by atoms with Crippen molar-refractivity contribution in [2.75, 3.05) is 0 Å². The Labute approximate surface area is 128 Å². The first-order valence-corrected chi connectivity index (χ1v) is 14.5. The summed E-state index contributed by atoms with van der Waals surface area (Å²) >= 11 is -5.21. The second-order valence-corrected chi connectivity index (χ2v) is 17.1. The molecule has 0 aliphatic heterocycles. The molecule has 2 nitrogen and oxygen atoms in total. The van der Waals surface area contributed by atoms with Crippen LogP contribution in [0, 0.1) is 47.1 Å². The molecule has 2 aromatic heterocycles. The van der Waals surface area contributed by atoms with Gasteiger partial charge in [-0.1, -0.05) is 0 Å². The van der Waals surface area contributed by atoms with E-state index in [9.17, 15) is 35.1 Å². The van der Waals surface area contributed by atoms with E-state index in [1.165, 1.54) is 0 Å². The molecule has 2 aromatic rings. The third-order valence-corrected chi connectivity index (χ3v) is 12.9. The van der Waals surface area contributed by atoms with Crippen LogP contribution < -0.4 is 7.16 Å². The summed E-state index contributed by atoms with van der Waals surface area (Å²) in [5, 5.41) is 0. The van der Waals surface area contributed by atoms with Crippen LogP contribution in [0.25, 0.3) is 0 Å². The zero-order valence-corrected chi connectivity index (χ0v) is 14.3. The van der Waals surface area contributed by atoms with Crippen molar-refractivity contribution >= 4 is 25.5 Å². The Morgan fingerprint density at radius 2 is 0.739 bits per heavy atom. The molecule has 23 heavy (non-hydrogen) atoms. The first kappa shape index (κ1) is 17.9. The SMILES string of the molecule is [CH3][Sn]([CH3])([c]1c(F)c(F)nc(F)c1F)[c]1c(F)c(F)nc(F)c1F. The van der Waals surface area contributed by atoms with Crippen LogP contribution in [0.15, 0.2) is 0 Å². The number of hydrogen-bond donors (Lipinski definition) is 0. The molecule has 0 amide bonds. The summed E-state index contributed by atoms with van der Waals surface area (Å²) in [7, 11) is 0. The van der Waals surface area contributed by atoms with E-state index in [-0.39, 0.29) is 0 Å². The van der Waals surface area contributed by atoms with Crippen LogP contribution in [0.5, 0.6) is 0 Å². The summed E-state index contributed by atoms with van der Waals surface area (Å²) in [5.41, 5.74) is 0. The van der Waals surface area contributed by atoms with Crippen molar-refractivity contribution in [1.29, 1.82) is 0 Å². The second kappa shape index (κ2) is 5.87. The molecule has 0 aliphatic rings. The van der Waals surface area contributed by atoms with E-state index in [4.69, 9.17) is 0 Å². The molecule has 0 N–H and O–H groups in total. The van der Waals surface area contributed by atoms with Gasteiger partial charge in [0.15, 0.2) is 0 Å². The molecular weight excluding hydrogens is 443 g/mol. The molecule has 2 rings (SSSR count). The van der Waals surface area contributed by atoms with E-state index in [1.54, 1.807) is 0 Å². The molecule has 0 unspecified atom stereocenters. The Morgan fingerprint density at radius 1 is 0.522 bits per heavy atom. The fourth-order valence-electron chi connectivity index (χ4n) is 2.20. The summed E-state index contributed by atoms with van der Waals surface area (Å²) in [6, 6.07) is 0. The van der Waals surface area contributed by atoms with Gasteiger partial charge < -0.3 is 0 Å². The number of halogens is 8. The molecule has 0 atom stereocenters. The fourth-order valence-corrected chi connectivity index (χ4v) is 10.4. The third-order valence-electron chi connectivity index (χ3n) is 3.25. The number of nitrogens with zero attached hydrogens (tertiary/aromatic N) is 2. The maximum atomic E-state index is 13.8. The quantitative estimate of drug-likeness (QED) is 0.400. The van der Waals surface area contributed by atoms with Crippen LogP contribution in [0.3, 0.4) is 0 Å². The molecule has 0 saturated heterocycles. The Balaban J connectivity index is 2.90. The Hall–Kier alpha value is -1.46. The predicted molar refractivity (Wildman–Crippen MR) is 64.9 cm³/mol. The molecule has 0 spiro atoms. The average molecular weight is 449 g/mol. The molecule has 11 heteroatoms. The van der Waals surface area contributed by atoms with Crippen LogP contribution in [-0.4, -0.2) is 28.3 Å². The van der Waals surface area contributed by atoms with Crippen LogP contribution in [-0.2, 0) is 0 Å². The molecule has 0 radical (unpaired) electrons. The van der Waals surface area contributed by atoms with Gasteiger partial charge >= 0.3 is 128 Å². The van der Waals surface area contributed by atoms with Gasteiger partial charge in [0.1, 0.15) is 0 Å². The molecule has 0 bridgehead atoms. The molecule has 0 aliphatic carbocycles. The number of aromatic nitrogens is 2. The standard InChI is InChI=1S/2C5F4N.2CH3.Sn/c2*6-2-1-3(7)5(9)10-4(2)8;;;/h;;2*1H3;. The second-order valence-electron chi connectivity index (χ2n) is 5.02. The number of pyridine rings is 2. The minimum atomic E-state index is -5.21. The molecular formula is C12H6F8N2Sn. The third kappa shape index (κ3) is 2.76. The van der Waals surface area contributed by atoms with Gasteiger partial charge in [-0.2, -0.15) is 0 Å². The van der Waals surface area contributed by atoms with Crippen molar-refractivity contribution in [3.63, 3.8) is 0 Å². The zero-order chi connectivity index (χ0) is 17.7. The summed E-state index contributed by atoms with van der Waals surface area (Å²) < 4.78 is 106. The van der Waals surface area contributed by atoms with E-state index in [0.29, 0.717) is 0 Å². The van der Waals surface area contributed by atoms with E-state index >= 15 is 0 Å². The molecule has 0 saturated carbocycles. The van der Waals surface area contributed by atoms with Gasteiger partial charge in [-0.15, -0.1) is 0 Å². The Bertz CT molecular complexity index is 691. The molecule has 0 aromatic carbocycles. The molecule has 2 heterocycles. The van der Waals surface area contributed by atoms with Gasteiger partial charge in [-0.3, -0.25) is 0 Å². The summed E-state index contributed by atoms with van der Waals surface area (Å²) in [6.07, 6.45) is 0. The van der Waals surface area contributed by atoms with Crippen LogP contribution in [0.2, 0.25) is 9.88 Å². The van der Waals surface area contributed by atoms with E-state index in [2.05, 4.69) is 9.97 Å². The van der Waals surface area contributed by atoms with Crippen molar-refractivity contribution in [3.8, 4) is 0 Å². The van der Waals surface area contributed by atoms with Crippen molar-refractivity contribution in [3.05, 3.63) is 47.1 Å². The van der Waals surface area contributed by atoms with E-state index < -0.39 is 72.6 Å². The minimum absolute atomic E-state index is 0.926. The van der Waals surface area contributed by atoms with Crippen LogP contribution in [0.1, 0.15) is 0 Å². The Kier molecular flexibility index (Phi) is 4.57. The fraction of sp³-hybridized carbons (Fsp3) is 0.167. The van der Waals surface area contributed by atoms with Crippen molar-refractivity contribution in [2.24, 2.45) is 0 Å². The van der Waals surface area contributed by atoms with Crippen LogP contribution in [0.4, 0.5) is 35.1 Å². The Morgan fingerprint density at radius 3 is 0.957 bits per heavy atom. The summed E-state index contributed by atoms with van der Waals surface area (Å²) in [4.78, 5) is 6.50. The predicted octanol–water partition coefficient (Wildman–Crippen LogP) is 2.41. The van der Waals surface area contributed by atoms with Crippen molar-refractivity contribution in [1.82, 2.24) is 9.97 Å². The van der Waals surface area contributed by atoms with Gasteiger partial charge in [0, 0.05) is 0 Å². The van der Waals surface area contributed by atoms with Gasteiger partial charge in [0.05, 0.1) is 0 Å². The monoisotopic (exact) mass is 450 g/mol. The van der Waals surface area contributed by atoms with E-state index in [1.807, 2.05) is 0 Å². The average Bonchev–Trinajstić information content (AvgIpc) is 2.43. The summed E-state index contributed by atoms with van der Waals surface area (Å²) in [5.74, 6) is -15.9. The van der Waals surface area contributed by atoms with E-state index in [0.717, 1.165) is 9.88 Å². The number of hydrogen-bond acceptors (Lipinski definition) is 2. The van der Waals surface area contributed by atoms with Gasteiger partial charge in [0.2, 0.25) is 0 Å². The zero-order valence-electron chi connectivity index (χ0n) is 11.4. The molecule has 0 fully saturated rings. The summed E-state index contributed by atoms with van der Waals surface area (Å²) in [6.45, 7) is 0. The first-order chi connectivity index (χ1) is 10.5. The first-order valence-electron chi connectivity index (χ1n) is 5.91. The maximum absolute atomic E-state index is 13.8. The van der Waals surface area contributed by atoms with Crippen molar-refractivity contribution in [2.45, 2.75) is 9.88 Å². The van der Waals surface area contributed by atoms with Gasteiger partial charge in [-0.25, -0.2) is 0 Å². The van der Waals surface area contributed by atoms with Gasteiger partial charge in [0.25, 0.3) is 0 Å². The topological polar surface area (TPSA) is 25.8 Å². The normalized spacial score (nSPS) is 11.9. The number of rotatable bonds is 2.